The van der Waals surface area contributed by atoms with Gasteiger partial charge in [0.25, 0.3) is 0 Å². The van der Waals surface area contributed by atoms with E-state index in [-0.39, 0.29) is 5.41 Å². The van der Waals surface area contributed by atoms with Crippen molar-refractivity contribution in [2.75, 3.05) is 26.2 Å². The first-order chi connectivity index (χ1) is 7.63. The lowest BCUT2D eigenvalue weighted by atomic mass is 9.87. The van der Waals surface area contributed by atoms with Gasteiger partial charge >= 0.3 is 0 Å². The van der Waals surface area contributed by atoms with Crippen molar-refractivity contribution in [2.24, 2.45) is 11.3 Å². The van der Waals surface area contributed by atoms with E-state index >= 15 is 0 Å². The van der Waals surface area contributed by atoms with Crippen molar-refractivity contribution in [3.05, 3.63) is 0 Å². The van der Waals surface area contributed by atoms with Gasteiger partial charge in [-0.2, -0.15) is 0 Å². The van der Waals surface area contributed by atoms with Gasteiger partial charge in [0.1, 0.15) is 6.29 Å². The quantitative estimate of drug-likeness (QED) is 0.673. The summed E-state index contributed by atoms with van der Waals surface area (Å²) in [5.74, 6) is 0.627. The van der Waals surface area contributed by atoms with E-state index in [9.17, 15) is 4.79 Å². The summed E-state index contributed by atoms with van der Waals surface area (Å²) in [6, 6.07) is 0. The van der Waals surface area contributed by atoms with E-state index in [1.807, 2.05) is 0 Å². The Hall–Kier alpha value is -0.410. The van der Waals surface area contributed by atoms with Crippen LogP contribution in [0, 0.1) is 11.3 Å². The molecule has 0 radical (unpaired) electrons. The number of hydrogen-bond acceptors (Lipinski definition) is 3. The van der Waals surface area contributed by atoms with Crippen LogP contribution in [0.4, 0.5) is 0 Å². The third-order valence-corrected chi connectivity index (χ3v) is 3.60. The smallest absolute Gasteiger partial charge is 0.127 e. The van der Waals surface area contributed by atoms with Gasteiger partial charge in [0.15, 0.2) is 0 Å². The predicted octanol–water partition coefficient (Wildman–Crippen LogP) is 1.70. The van der Waals surface area contributed by atoms with Crippen molar-refractivity contribution >= 4 is 6.29 Å². The van der Waals surface area contributed by atoms with Gasteiger partial charge in [-0.1, -0.05) is 20.3 Å². The van der Waals surface area contributed by atoms with Crippen molar-refractivity contribution < 1.29 is 9.90 Å². The Morgan fingerprint density at radius 3 is 2.88 bits per heavy atom. The normalized spacial score (nSPS) is 25.6. The zero-order valence-corrected chi connectivity index (χ0v) is 10.6. The number of aliphatic hydroxyl groups excluding tert-OH is 1. The van der Waals surface area contributed by atoms with Gasteiger partial charge in [0.2, 0.25) is 0 Å². The lowest BCUT2D eigenvalue weighted by Crippen LogP contribution is -2.35. The van der Waals surface area contributed by atoms with Gasteiger partial charge in [0, 0.05) is 25.1 Å². The first-order valence-corrected chi connectivity index (χ1v) is 6.43. The highest BCUT2D eigenvalue weighted by molar-refractivity contribution is 5.59. The van der Waals surface area contributed by atoms with E-state index in [1.165, 1.54) is 6.42 Å². The monoisotopic (exact) mass is 227 g/mol. The molecule has 0 aromatic heterocycles. The Morgan fingerprint density at radius 1 is 1.56 bits per heavy atom. The average molecular weight is 227 g/mol. The maximum atomic E-state index is 11.1. The van der Waals surface area contributed by atoms with Crippen LogP contribution in [0.3, 0.4) is 0 Å². The molecule has 2 atom stereocenters. The molecule has 0 spiro atoms. The highest BCUT2D eigenvalue weighted by atomic mass is 16.3. The van der Waals surface area contributed by atoms with Gasteiger partial charge in [-0.25, -0.2) is 0 Å². The number of aldehydes is 1. The van der Waals surface area contributed by atoms with Crippen molar-refractivity contribution in [3.63, 3.8) is 0 Å². The molecule has 1 rings (SSSR count). The minimum Gasteiger partial charge on any atom is -0.396 e. The SMILES string of the molecule is CCCC(C)(C=O)CN1CCC(CCO)C1. The fourth-order valence-corrected chi connectivity index (χ4v) is 2.73. The van der Waals surface area contributed by atoms with Crippen molar-refractivity contribution in [1.82, 2.24) is 4.90 Å². The van der Waals surface area contributed by atoms with Crippen LogP contribution in [0.15, 0.2) is 0 Å². The largest absolute Gasteiger partial charge is 0.396 e. The Balaban J connectivity index is 2.39. The standard InChI is InChI=1S/C13H25NO2/c1-3-6-13(2,11-16)10-14-7-4-12(9-14)5-8-15/h11-12,15H,3-10H2,1-2H3. The summed E-state index contributed by atoms with van der Waals surface area (Å²) in [5.41, 5.74) is -0.178. The van der Waals surface area contributed by atoms with E-state index in [4.69, 9.17) is 5.11 Å². The van der Waals surface area contributed by atoms with Gasteiger partial charge in [-0.3, -0.25) is 0 Å². The second kappa shape index (κ2) is 6.36. The summed E-state index contributed by atoms with van der Waals surface area (Å²) in [6.45, 7) is 7.49. The third-order valence-electron chi connectivity index (χ3n) is 3.60. The molecule has 0 aromatic carbocycles. The zero-order valence-electron chi connectivity index (χ0n) is 10.6. The van der Waals surface area contributed by atoms with Crippen LogP contribution in [0.25, 0.3) is 0 Å². The molecule has 0 saturated carbocycles. The molecule has 1 aliphatic rings. The summed E-state index contributed by atoms with van der Waals surface area (Å²) in [5, 5.41) is 8.90. The van der Waals surface area contributed by atoms with Gasteiger partial charge in [-0.05, 0) is 31.7 Å². The molecule has 0 aliphatic carbocycles. The molecule has 1 fully saturated rings. The molecule has 1 N–H and O–H groups in total. The summed E-state index contributed by atoms with van der Waals surface area (Å²) in [4.78, 5) is 13.5. The Kier molecular flexibility index (Phi) is 5.42. The predicted molar refractivity (Wildman–Crippen MR) is 65.3 cm³/mol. The van der Waals surface area contributed by atoms with Crippen LogP contribution in [0.1, 0.15) is 39.5 Å². The number of nitrogens with zero attached hydrogens (tertiary/aromatic N) is 1. The zero-order chi connectivity index (χ0) is 12.0. The van der Waals surface area contributed by atoms with Gasteiger partial charge < -0.3 is 14.8 Å². The van der Waals surface area contributed by atoms with Crippen LogP contribution in [-0.2, 0) is 4.79 Å². The highest BCUT2D eigenvalue weighted by Crippen LogP contribution is 2.26. The second-order valence-electron chi connectivity index (χ2n) is 5.42. The van der Waals surface area contributed by atoms with Crippen molar-refractivity contribution in [2.45, 2.75) is 39.5 Å². The number of carbonyl (C=O) groups is 1. The van der Waals surface area contributed by atoms with Gasteiger partial charge in [-0.15, -0.1) is 0 Å². The minimum atomic E-state index is -0.178. The molecule has 3 nitrogen and oxygen atoms in total. The molecule has 1 saturated heterocycles. The first-order valence-electron chi connectivity index (χ1n) is 6.43. The van der Waals surface area contributed by atoms with E-state index in [0.29, 0.717) is 12.5 Å². The van der Waals surface area contributed by atoms with Crippen LogP contribution < -0.4 is 0 Å². The fourth-order valence-electron chi connectivity index (χ4n) is 2.73. The number of rotatable bonds is 7. The average Bonchev–Trinajstić information content (AvgIpc) is 2.66. The maximum absolute atomic E-state index is 11.1. The van der Waals surface area contributed by atoms with E-state index in [0.717, 1.165) is 45.2 Å². The Bertz CT molecular complexity index is 220. The van der Waals surface area contributed by atoms with Crippen molar-refractivity contribution in [3.8, 4) is 0 Å². The molecule has 94 valence electrons. The van der Waals surface area contributed by atoms with Crippen LogP contribution in [-0.4, -0.2) is 42.5 Å². The van der Waals surface area contributed by atoms with Crippen LogP contribution in [0.5, 0.6) is 0 Å². The summed E-state index contributed by atoms with van der Waals surface area (Å²) >= 11 is 0. The van der Waals surface area contributed by atoms with E-state index in [2.05, 4.69) is 18.7 Å². The summed E-state index contributed by atoms with van der Waals surface area (Å²) in [6.07, 6.45) is 5.22. The van der Waals surface area contributed by atoms with Crippen LogP contribution >= 0.6 is 0 Å². The number of carbonyl (C=O) groups excluding carboxylic acids is 1. The lowest BCUT2D eigenvalue weighted by molar-refractivity contribution is -0.116. The number of likely N-dealkylation sites (tertiary alicyclic amines) is 1. The van der Waals surface area contributed by atoms with E-state index in [1.54, 1.807) is 0 Å². The molecule has 0 amide bonds. The molecule has 2 unspecified atom stereocenters. The molecule has 3 heteroatoms. The van der Waals surface area contributed by atoms with Crippen molar-refractivity contribution in [1.29, 1.82) is 0 Å². The molecule has 0 bridgehead atoms. The fraction of sp³-hybridized carbons (Fsp3) is 0.923. The molecular weight excluding hydrogens is 202 g/mol. The highest BCUT2D eigenvalue weighted by Gasteiger charge is 2.30. The van der Waals surface area contributed by atoms with Gasteiger partial charge in [0.05, 0.1) is 0 Å². The Labute approximate surface area is 98.8 Å². The molecule has 16 heavy (non-hydrogen) atoms. The van der Waals surface area contributed by atoms with E-state index < -0.39 is 0 Å². The summed E-state index contributed by atoms with van der Waals surface area (Å²) in [7, 11) is 0. The molecular formula is C13H25NO2. The first kappa shape index (κ1) is 13.7. The lowest BCUT2D eigenvalue weighted by Gasteiger charge is -2.28. The number of aliphatic hydroxyl groups is 1. The number of hydrogen-bond donors (Lipinski definition) is 1. The van der Waals surface area contributed by atoms with Crippen LogP contribution in [0.2, 0.25) is 0 Å². The molecule has 1 aliphatic heterocycles. The molecule has 1 heterocycles. The topological polar surface area (TPSA) is 40.5 Å². The second-order valence-corrected chi connectivity index (χ2v) is 5.42. The minimum absolute atomic E-state index is 0.178. The molecule has 0 aromatic rings. The maximum Gasteiger partial charge on any atom is 0.127 e. The third kappa shape index (κ3) is 3.87. The Morgan fingerprint density at radius 2 is 2.31 bits per heavy atom. The summed E-state index contributed by atoms with van der Waals surface area (Å²) < 4.78 is 0.